The van der Waals surface area contributed by atoms with E-state index in [9.17, 15) is 9.90 Å². The van der Waals surface area contributed by atoms with E-state index in [0.29, 0.717) is 13.1 Å². The van der Waals surface area contributed by atoms with Gasteiger partial charge in [-0.05, 0) is 23.1 Å². The number of β-amino-alcohol motifs (C(OH)–C–C–N with tert-alkyl or cyclic N) is 1. The Morgan fingerprint density at radius 3 is 2.58 bits per heavy atom. The number of benzene rings is 2. The van der Waals surface area contributed by atoms with E-state index in [1.165, 1.54) is 11.1 Å². The maximum absolute atomic E-state index is 12.4. The molecule has 4 rings (SSSR count). The van der Waals surface area contributed by atoms with Gasteiger partial charge in [0.05, 0.1) is 18.7 Å². The van der Waals surface area contributed by atoms with Crippen LogP contribution in [-0.2, 0) is 24.3 Å². The minimum Gasteiger partial charge on any atom is -0.445 e. The molecule has 2 heterocycles. The monoisotopic (exact) mass is 352 g/mol. The molecule has 0 saturated carbocycles. The molecule has 2 aromatic carbocycles. The van der Waals surface area contributed by atoms with Crippen LogP contribution in [0, 0.1) is 0 Å². The Hall–Kier alpha value is -2.37. The van der Waals surface area contributed by atoms with Gasteiger partial charge in [-0.25, -0.2) is 4.79 Å². The highest BCUT2D eigenvalue weighted by atomic mass is 16.6. The Kier molecular flexibility index (Phi) is 4.91. The fraction of sp³-hybridized carbons (Fsp3) is 0.381. The number of ether oxygens (including phenoxy) is 1. The summed E-state index contributed by atoms with van der Waals surface area (Å²) in [6.45, 7) is 2.83. The third kappa shape index (κ3) is 3.59. The van der Waals surface area contributed by atoms with Crippen molar-refractivity contribution in [3.05, 3.63) is 71.3 Å². The second-order valence-electron chi connectivity index (χ2n) is 7.07. The molecule has 1 saturated heterocycles. The Morgan fingerprint density at radius 2 is 1.77 bits per heavy atom. The van der Waals surface area contributed by atoms with Gasteiger partial charge in [-0.3, -0.25) is 4.90 Å². The molecular formula is C21H24N2O3. The van der Waals surface area contributed by atoms with E-state index in [1.54, 1.807) is 4.90 Å². The van der Waals surface area contributed by atoms with Crippen LogP contribution in [0.2, 0.25) is 0 Å². The Labute approximate surface area is 153 Å². The molecule has 0 radical (unpaired) electrons. The predicted octanol–water partition coefficient (Wildman–Crippen LogP) is 2.43. The zero-order valence-corrected chi connectivity index (χ0v) is 14.8. The number of hydrogen-bond acceptors (Lipinski definition) is 4. The van der Waals surface area contributed by atoms with E-state index in [-0.39, 0.29) is 18.7 Å². The van der Waals surface area contributed by atoms with Crippen molar-refractivity contribution in [1.82, 2.24) is 9.80 Å². The number of nitrogens with zero attached hydrogens (tertiary/aromatic N) is 2. The van der Waals surface area contributed by atoms with Crippen LogP contribution in [0.3, 0.4) is 0 Å². The molecule has 2 aromatic rings. The molecule has 0 bridgehead atoms. The fourth-order valence-electron chi connectivity index (χ4n) is 3.89. The molecule has 1 N–H and O–H groups in total. The lowest BCUT2D eigenvalue weighted by molar-refractivity contribution is 0.0744. The molecule has 0 unspecified atom stereocenters. The van der Waals surface area contributed by atoms with Crippen LogP contribution in [0.25, 0.3) is 0 Å². The molecule has 2 aliphatic heterocycles. The van der Waals surface area contributed by atoms with Gasteiger partial charge in [-0.1, -0.05) is 54.6 Å². The van der Waals surface area contributed by atoms with Gasteiger partial charge in [0.25, 0.3) is 0 Å². The third-order valence-electron chi connectivity index (χ3n) is 5.35. The molecule has 26 heavy (non-hydrogen) atoms. The summed E-state index contributed by atoms with van der Waals surface area (Å²) in [5, 5.41) is 10.5. The molecule has 1 amide bonds. The number of aliphatic hydroxyl groups excluding tert-OH is 1. The van der Waals surface area contributed by atoms with Crippen LogP contribution in [-0.4, -0.2) is 52.8 Å². The quantitative estimate of drug-likeness (QED) is 0.922. The van der Waals surface area contributed by atoms with Crippen molar-refractivity contribution in [2.75, 3.05) is 19.6 Å². The highest BCUT2D eigenvalue weighted by molar-refractivity contribution is 5.68. The summed E-state index contributed by atoms with van der Waals surface area (Å²) < 4.78 is 5.41. The van der Waals surface area contributed by atoms with Gasteiger partial charge in [-0.2, -0.15) is 0 Å². The molecule has 136 valence electrons. The highest BCUT2D eigenvalue weighted by Gasteiger charge is 2.39. The minimum atomic E-state index is -0.537. The Bertz CT molecular complexity index is 765. The van der Waals surface area contributed by atoms with Gasteiger partial charge in [0, 0.05) is 19.6 Å². The first kappa shape index (κ1) is 17.1. The van der Waals surface area contributed by atoms with Crippen molar-refractivity contribution >= 4 is 6.09 Å². The molecule has 0 spiro atoms. The average molecular weight is 352 g/mol. The van der Waals surface area contributed by atoms with Gasteiger partial charge in [-0.15, -0.1) is 0 Å². The smallest absolute Gasteiger partial charge is 0.410 e. The first-order valence-corrected chi connectivity index (χ1v) is 9.15. The lowest BCUT2D eigenvalue weighted by atomic mass is 9.98. The standard InChI is InChI=1S/C21H24N2O3/c24-20-14-23(21(25)26-15-16-6-2-1-3-7-16)13-19(20)22-11-10-17-8-4-5-9-18(17)12-22/h1-9,19-20,24H,10-15H2/t19-,20-/m1/s1. The number of fused-ring (bicyclic) bond motifs is 1. The van der Waals surface area contributed by atoms with Crippen molar-refractivity contribution in [1.29, 1.82) is 0 Å². The first-order chi connectivity index (χ1) is 12.7. The van der Waals surface area contributed by atoms with E-state index in [0.717, 1.165) is 25.1 Å². The lowest BCUT2D eigenvalue weighted by Crippen LogP contribution is -2.45. The molecule has 2 aliphatic rings. The maximum Gasteiger partial charge on any atom is 0.410 e. The topological polar surface area (TPSA) is 53.0 Å². The molecule has 5 heteroatoms. The van der Waals surface area contributed by atoms with E-state index in [1.807, 2.05) is 30.3 Å². The lowest BCUT2D eigenvalue weighted by Gasteiger charge is -2.34. The summed E-state index contributed by atoms with van der Waals surface area (Å²) in [6, 6.07) is 18.1. The van der Waals surface area contributed by atoms with E-state index in [2.05, 4.69) is 29.2 Å². The van der Waals surface area contributed by atoms with Gasteiger partial charge in [0.1, 0.15) is 6.61 Å². The van der Waals surface area contributed by atoms with Crippen molar-refractivity contribution in [2.45, 2.75) is 31.7 Å². The van der Waals surface area contributed by atoms with E-state index >= 15 is 0 Å². The molecule has 0 aliphatic carbocycles. The molecule has 2 atom stereocenters. The zero-order chi connectivity index (χ0) is 17.9. The molecular weight excluding hydrogens is 328 g/mol. The number of amides is 1. The van der Waals surface area contributed by atoms with Crippen molar-refractivity contribution in [2.24, 2.45) is 0 Å². The summed E-state index contributed by atoms with van der Waals surface area (Å²) in [5.41, 5.74) is 3.66. The van der Waals surface area contributed by atoms with Crippen molar-refractivity contribution < 1.29 is 14.6 Å². The second-order valence-corrected chi connectivity index (χ2v) is 7.07. The molecule has 5 nitrogen and oxygen atoms in total. The van der Waals surface area contributed by atoms with E-state index in [4.69, 9.17) is 4.74 Å². The Balaban J connectivity index is 1.35. The van der Waals surface area contributed by atoms with Crippen LogP contribution < -0.4 is 0 Å². The summed E-state index contributed by atoms with van der Waals surface area (Å²) in [6.07, 6.45) is 0.0926. The van der Waals surface area contributed by atoms with Crippen LogP contribution in [0.1, 0.15) is 16.7 Å². The number of carbonyl (C=O) groups excluding carboxylic acids is 1. The second kappa shape index (κ2) is 7.48. The number of likely N-dealkylation sites (tertiary alicyclic amines) is 1. The normalized spacial score (nSPS) is 22.9. The molecule has 1 fully saturated rings. The summed E-state index contributed by atoms with van der Waals surface area (Å²) in [5.74, 6) is 0. The number of aliphatic hydroxyl groups is 1. The Morgan fingerprint density at radius 1 is 1.04 bits per heavy atom. The highest BCUT2D eigenvalue weighted by Crippen LogP contribution is 2.25. The minimum absolute atomic E-state index is 0.0346. The zero-order valence-electron chi connectivity index (χ0n) is 14.8. The first-order valence-electron chi connectivity index (χ1n) is 9.15. The van der Waals surface area contributed by atoms with Gasteiger partial charge >= 0.3 is 6.09 Å². The number of hydrogen-bond donors (Lipinski definition) is 1. The summed E-state index contributed by atoms with van der Waals surface area (Å²) in [4.78, 5) is 16.3. The van der Waals surface area contributed by atoms with Gasteiger partial charge < -0.3 is 14.7 Å². The van der Waals surface area contributed by atoms with Crippen molar-refractivity contribution in [3.63, 3.8) is 0 Å². The molecule has 0 aromatic heterocycles. The third-order valence-corrected chi connectivity index (χ3v) is 5.35. The average Bonchev–Trinajstić information content (AvgIpc) is 3.08. The fourth-order valence-corrected chi connectivity index (χ4v) is 3.89. The summed E-state index contributed by atoms with van der Waals surface area (Å²) in [7, 11) is 0. The van der Waals surface area contributed by atoms with Gasteiger partial charge in [0.15, 0.2) is 0 Å². The van der Waals surface area contributed by atoms with Crippen LogP contribution >= 0.6 is 0 Å². The van der Waals surface area contributed by atoms with Crippen LogP contribution in [0.5, 0.6) is 0 Å². The van der Waals surface area contributed by atoms with E-state index < -0.39 is 6.10 Å². The number of rotatable bonds is 3. The van der Waals surface area contributed by atoms with Gasteiger partial charge in [0.2, 0.25) is 0 Å². The largest absolute Gasteiger partial charge is 0.445 e. The van der Waals surface area contributed by atoms with Crippen LogP contribution in [0.4, 0.5) is 4.79 Å². The van der Waals surface area contributed by atoms with Crippen molar-refractivity contribution in [3.8, 4) is 0 Å². The summed E-state index contributed by atoms with van der Waals surface area (Å²) >= 11 is 0. The predicted molar refractivity (Wildman–Crippen MR) is 98.6 cm³/mol. The number of carbonyl (C=O) groups is 1. The SMILES string of the molecule is O=C(OCc1ccccc1)N1C[C@@H](O)[C@H](N2CCc3ccccc3C2)C1. The maximum atomic E-state index is 12.4. The van der Waals surface area contributed by atoms with Crippen LogP contribution in [0.15, 0.2) is 54.6 Å².